The first-order chi connectivity index (χ1) is 7.53. The normalized spacial score (nSPS) is 16.7. The lowest BCUT2D eigenvalue weighted by molar-refractivity contribution is 0.0649. The fourth-order valence-electron chi connectivity index (χ4n) is 1.45. The van der Waals surface area contributed by atoms with Crippen molar-refractivity contribution in [3.8, 4) is 0 Å². The molecule has 0 radical (unpaired) electrons. The van der Waals surface area contributed by atoms with E-state index in [-0.39, 0.29) is 0 Å². The van der Waals surface area contributed by atoms with Crippen LogP contribution in [0.2, 0.25) is 0 Å². The molecule has 5 nitrogen and oxygen atoms in total. The maximum absolute atomic E-state index is 9.60. The highest BCUT2D eigenvalue weighted by molar-refractivity contribution is 4.94. The Hall–Kier alpha value is -0.940. The second kappa shape index (κ2) is 4.51. The molecule has 1 aromatic heterocycles. The number of hydrogen-bond acceptors (Lipinski definition) is 4. The van der Waals surface area contributed by atoms with Crippen molar-refractivity contribution in [3.63, 3.8) is 0 Å². The van der Waals surface area contributed by atoms with E-state index in [0.29, 0.717) is 19.0 Å². The minimum atomic E-state index is -0.641. The third kappa shape index (κ3) is 3.90. The van der Waals surface area contributed by atoms with Crippen LogP contribution in [-0.4, -0.2) is 31.7 Å². The Kier molecular flexibility index (Phi) is 3.25. The van der Waals surface area contributed by atoms with Crippen molar-refractivity contribution in [2.75, 3.05) is 0 Å². The first-order valence-corrected chi connectivity index (χ1v) is 5.88. The lowest BCUT2D eigenvalue weighted by atomic mass is 10.1. The Morgan fingerprint density at radius 3 is 2.94 bits per heavy atom. The minimum Gasteiger partial charge on any atom is -0.390 e. The van der Waals surface area contributed by atoms with Crippen LogP contribution >= 0.6 is 0 Å². The number of aliphatic hydroxyl groups is 1. The fraction of sp³-hybridized carbons (Fsp3) is 0.818. The van der Waals surface area contributed by atoms with Crippen LogP contribution < -0.4 is 5.32 Å². The Labute approximate surface area is 95.8 Å². The van der Waals surface area contributed by atoms with E-state index in [1.165, 1.54) is 12.8 Å². The molecule has 0 aromatic carbocycles. The van der Waals surface area contributed by atoms with E-state index in [9.17, 15) is 5.11 Å². The highest BCUT2D eigenvalue weighted by Gasteiger charge is 2.20. The second-order valence-electron chi connectivity index (χ2n) is 5.19. The summed E-state index contributed by atoms with van der Waals surface area (Å²) < 4.78 is 1.79. The van der Waals surface area contributed by atoms with Gasteiger partial charge in [-0.15, -0.1) is 5.10 Å². The quantitative estimate of drug-likeness (QED) is 0.746. The van der Waals surface area contributed by atoms with Gasteiger partial charge in [0.25, 0.3) is 0 Å². The van der Waals surface area contributed by atoms with E-state index in [1.807, 2.05) is 6.20 Å². The summed E-state index contributed by atoms with van der Waals surface area (Å²) in [6, 6.07) is 0.696. The molecule has 0 spiro atoms. The van der Waals surface area contributed by atoms with Crippen LogP contribution in [0.3, 0.4) is 0 Å². The molecule has 1 aromatic rings. The minimum absolute atomic E-state index is 0.641. The van der Waals surface area contributed by atoms with Crippen LogP contribution in [0.1, 0.15) is 38.8 Å². The summed E-state index contributed by atoms with van der Waals surface area (Å²) in [5.41, 5.74) is 0.334. The average molecular weight is 224 g/mol. The molecule has 1 saturated carbocycles. The summed E-state index contributed by atoms with van der Waals surface area (Å²) in [6.07, 6.45) is 5.20. The van der Waals surface area contributed by atoms with Crippen molar-refractivity contribution < 1.29 is 5.11 Å². The molecule has 1 heterocycles. The lowest BCUT2D eigenvalue weighted by Crippen LogP contribution is -2.21. The summed E-state index contributed by atoms with van der Waals surface area (Å²) in [6.45, 7) is 5.12. The summed E-state index contributed by atoms with van der Waals surface area (Å²) in [5.74, 6) is 0. The number of hydrogen-bond donors (Lipinski definition) is 2. The van der Waals surface area contributed by atoms with Crippen molar-refractivity contribution in [2.24, 2.45) is 0 Å². The Morgan fingerprint density at radius 2 is 2.31 bits per heavy atom. The summed E-state index contributed by atoms with van der Waals surface area (Å²) in [5, 5.41) is 21.1. The molecular formula is C11H20N4O. The van der Waals surface area contributed by atoms with Gasteiger partial charge in [-0.3, -0.25) is 4.68 Å². The molecule has 90 valence electrons. The lowest BCUT2D eigenvalue weighted by Gasteiger charge is -2.15. The molecule has 0 atom stereocenters. The van der Waals surface area contributed by atoms with Gasteiger partial charge in [0.2, 0.25) is 0 Å². The standard InChI is InChI=1S/C11H20N4O/c1-11(2,16)5-6-15-8-10(13-14-15)7-12-9-3-4-9/h8-9,12,16H,3-7H2,1-2H3. The topological polar surface area (TPSA) is 63.0 Å². The SMILES string of the molecule is CC(C)(O)CCn1cc(CNC2CC2)nn1. The van der Waals surface area contributed by atoms with E-state index in [2.05, 4.69) is 15.6 Å². The molecule has 0 aliphatic heterocycles. The monoisotopic (exact) mass is 224 g/mol. The summed E-state index contributed by atoms with van der Waals surface area (Å²) in [7, 11) is 0. The van der Waals surface area contributed by atoms with Gasteiger partial charge in [0.1, 0.15) is 0 Å². The number of aromatic nitrogens is 3. The van der Waals surface area contributed by atoms with Crippen LogP contribution in [-0.2, 0) is 13.1 Å². The van der Waals surface area contributed by atoms with Crippen molar-refractivity contribution in [1.82, 2.24) is 20.3 Å². The molecule has 1 fully saturated rings. The highest BCUT2D eigenvalue weighted by Crippen LogP contribution is 2.18. The Morgan fingerprint density at radius 1 is 1.56 bits per heavy atom. The van der Waals surface area contributed by atoms with Gasteiger partial charge in [-0.2, -0.15) is 0 Å². The maximum atomic E-state index is 9.60. The van der Waals surface area contributed by atoms with Gasteiger partial charge < -0.3 is 10.4 Å². The number of nitrogens with one attached hydrogen (secondary N) is 1. The third-order valence-electron chi connectivity index (χ3n) is 2.69. The average Bonchev–Trinajstić information content (AvgIpc) is 2.91. The summed E-state index contributed by atoms with van der Waals surface area (Å²) >= 11 is 0. The van der Waals surface area contributed by atoms with Crippen LogP contribution in [0.25, 0.3) is 0 Å². The maximum Gasteiger partial charge on any atom is 0.0964 e. The number of aryl methyl sites for hydroxylation is 1. The second-order valence-corrected chi connectivity index (χ2v) is 5.19. The Balaban J connectivity index is 1.77. The van der Waals surface area contributed by atoms with Crippen molar-refractivity contribution in [2.45, 2.75) is 57.8 Å². The number of nitrogens with zero attached hydrogens (tertiary/aromatic N) is 3. The molecule has 0 bridgehead atoms. The predicted octanol–water partition coefficient (Wildman–Crippen LogP) is 0.691. The van der Waals surface area contributed by atoms with Gasteiger partial charge in [-0.05, 0) is 33.1 Å². The van der Waals surface area contributed by atoms with Gasteiger partial charge in [0, 0.05) is 25.3 Å². The van der Waals surface area contributed by atoms with Crippen molar-refractivity contribution >= 4 is 0 Å². The van der Waals surface area contributed by atoms with E-state index in [4.69, 9.17) is 0 Å². The van der Waals surface area contributed by atoms with Gasteiger partial charge in [-0.25, -0.2) is 0 Å². The molecule has 0 unspecified atom stereocenters. The predicted molar refractivity (Wildman–Crippen MR) is 60.8 cm³/mol. The highest BCUT2D eigenvalue weighted by atomic mass is 16.3. The fourth-order valence-corrected chi connectivity index (χ4v) is 1.45. The van der Waals surface area contributed by atoms with Gasteiger partial charge in [-0.1, -0.05) is 5.21 Å². The zero-order valence-electron chi connectivity index (χ0n) is 9.98. The molecule has 1 aliphatic rings. The molecule has 0 saturated heterocycles. The van der Waals surface area contributed by atoms with Crippen molar-refractivity contribution in [3.05, 3.63) is 11.9 Å². The molecule has 2 rings (SSSR count). The van der Waals surface area contributed by atoms with Crippen LogP contribution in [0.4, 0.5) is 0 Å². The van der Waals surface area contributed by atoms with Crippen LogP contribution in [0.15, 0.2) is 6.20 Å². The van der Waals surface area contributed by atoms with Gasteiger partial charge in [0.05, 0.1) is 11.3 Å². The van der Waals surface area contributed by atoms with Gasteiger partial charge >= 0.3 is 0 Å². The molecule has 1 aliphatic carbocycles. The molecule has 16 heavy (non-hydrogen) atoms. The molecule has 0 amide bonds. The largest absolute Gasteiger partial charge is 0.390 e. The van der Waals surface area contributed by atoms with Crippen molar-refractivity contribution in [1.29, 1.82) is 0 Å². The molecule has 2 N–H and O–H groups in total. The number of rotatable bonds is 6. The van der Waals surface area contributed by atoms with Gasteiger partial charge in [0.15, 0.2) is 0 Å². The van der Waals surface area contributed by atoms with E-state index in [0.717, 1.165) is 12.2 Å². The van der Waals surface area contributed by atoms with Crippen LogP contribution in [0.5, 0.6) is 0 Å². The first-order valence-electron chi connectivity index (χ1n) is 5.88. The first kappa shape index (κ1) is 11.5. The smallest absolute Gasteiger partial charge is 0.0964 e. The summed E-state index contributed by atoms with van der Waals surface area (Å²) in [4.78, 5) is 0. The van der Waals surface area contributed by atoms with E-state index >= 15 is 0 Å². The van der Waals surface area contributed by atoms with E-state index in [1.54, 1.807) is 18.5 Å². The Bertz CT molecular complexity index is 338. The zero-order valence-corrected chi connectivity index (χ0v) is 9.98. The third-order valence-corrected chi connectivity index (χ3v) is 2.69. The zero-order chi connectivity index (χ0) is 11.6. The van der Waals surface area contributed by atoms with Crippen LogP contribution in [0, 0.1) is 0 Å². The molecular weight excluding hydrogens is 204 g/mol. The van der Waals surface area contributed by atoms with E-state index < -0.39 is 5.60 Å². The molecule has 5 heteroatoms.